The first kappa shape index (κ1) is 19.9. The van der Waals surface area contributed by atoms with Gasteiger partial charge in [0.15, 0.2) is 0 Å². The van der Waals surface area contributed by atoms with Crippen molar-refractivity contribution in [1.82, 2.24) is 20.2 Å². The first-order chi connectivity index (χ1) is 13.6. The van der Waals surface area contributed by atoms with E-state index in [4.69, 9.17) is 16.9 Å². The van der Waals surface area contributed by atoms with Crippen LogP contribution in [-0.2, 0) is 4.79 Å². The lowest BCUT2D eigenvalue weighted by atomic mass is 10.2. The molecule has 1 atom stereocenters. The van der Waals surface area contributed by atoms with Crippen LogP contribution < -0.4 is 4.90 Å². The molecule has 1 amide bonds. The fourth-order valence-corrected chi connectivity index (χ4v) is 3.56. The third-order valence-corrected chi connectivity index (χ3v) is 5.20. The van der Waals surface area contributed by atoms with E-state index in [0.717, 1.165) is 11.4 Å². The van der Waals surface area contributed by atoms with Gasteiger partial charge in [-0.1, -0.05) is 41.6 Å². The molecule has 1 heterocycles. The van der Waals surface area contributed by atoms with Gasteiger partial charge >= 0.3 is 0 Å². The lowest BCUT2D eigenvalue weighted by Crippen LogP contribution is -2.37. The maximum Gasteiger partial charge on any atom is 0.240 e. The Morgan fingerprint density at radius 1 is 1.25 bits per heavy atom. The highest BCUT2D eigenvalue weighted by atomic mass is 35.5. The molecule has 142 valence electrons. The minimum absolute atomic E-state index is 0.114. The summed E-state index contributed by atoms with van der Waals surface area (Å²) in [4.78, 5) is 14.7. The van der Waals surface area contributed by atoms with E-state index >= 15 is 0 Å². The average Bonchev–Trinajstić information content (AvgIpc) is 3.17. The molecule has 0 N–H and O–H groups in total. The molecule has 2 aromatic carbocycles. The summed E-state index contributed by atoms with van der Waals surface area (Å²) >= 11 is 7.19. The molecule has 0 saturated carbocycles. The van der Waals surface area contributed by atoms with Gasteiger partial charge in [0.2, 0.25) is 11.1 Å². The lowest BCUT2D eigenvalue weighted by Gasteiger charge is -2.24. The van der Waals surface area contributed by atoms with Crippen LogP contribution in [0.3, 0.4) is 0 Å². The minimum atomic E-state index is -0.448. The zero-order chi connectivity index (χ0) is 19.9. The van der Waals surface area contributed by atoms with E-state index in [0.29, 0.717) is 16.7 Å². The van der Waals surface area contributed by atoms with E-state index in [-0.39, 0.29) is 12.3 Å². The van der Waals surface area contributed by atoms with Crippen LogP contribution in [0.5, 0.6) is 0 Å². The molecule has 1 unspecified atom stereocenters. The Morgan fingerprint density at radius 2 is 1.96 bits per heavy atom. The van der Waals surface area contributed by atoms with Crippen LogP contribution in [0.4, 0.5) is 5.69 Å². The highest BCUT2D eigenvalue weighted by Crippen LogP contribution is 2.26. The Bertz CT molecular complexity index is 970. The van der Waals surface area contributed by atoms with E-state index in [9.17, 15) is 4.79 Å². The van der Waals surface area contributed by atoms with Crippen molar-refractivity contribution in [2.75, 3.05) is 11.4 Å². The molecule has 0 bridgehead atoms. The summed E-state index contributed by atoms with van der Waals surface area (Å²) in [5.41, 5.74) is 1.51. The highest BCUT2D eigenvalue weighted by molar-refractivity contribution is 8.00. The predicted octanol–water partition coefficient (Wildman–Crippen LogP) is 3.74. The number of halogens is 1. The maximum atomic E-state index is 13.1. The molecular weight excluding hydrogens is 396 g/mol. The van der Waals surface area contributed by atoms with Crippen LogP contribution in [0.1, 0.15) is 13.3 Å². The number of amides is 1. The number of hydrogen-bond acceptors (Lipinski definition) is 6. The molecule has 3 rings (SSSR count). The first-order valence-corrected chi connectivity index (χ1v) is 9.80. The van der Waals surface area contributed by atoms with Crippen molar-refractivity contribution in [2.24, 2.45) is 0 Å². The summed E-state index contributed by atoms with van der Waals surface area (Å²) < 4.78 is 1.56. The van der Waals surface area contributed by atoms with E-state index in [1.165, 1.54) is 11.8 Å². The van der Waals surface area contributed by atoms with Crippen LogP contribution in [0.25, 0.3) is 5.69 Å². The smallest absolute Gasteiger partial charge is 0.240 e. The van der Waals surface area contributed by atoms with Crippen LogP contribution in [-0.4, -0.2) is 37.9 Å². The van der Waals surface area contributed by atoms with E-state index in [1.54, 1.807) is 40.8 Å². The molecule has 0 spiro atoms. The number of carbonyl (C=O) groups excluding carboxylic acids is 1. The SMILES string of the molecule is CC(Sc1nnnn1-c1ccc(Cl)cc1)C(=O)N(CCC#N)c1ccccc1. The van der Waals surface area contributed by atoms with Gasteiger partial charge in [0.05, 0.1) is 23.4 Å². The van der Waals surface area contributed by atoms with Crippen molar-refractivity contribution in [3.63, 3.8) is 0 Å². The van der Waals surface area contributed by atoms with Gasteiger partial charge in [-0.3, -0.25) is 4.79 Å². The Balaban J connectivity index is 1.79. The molecule has 0 radical (unpaired) electrons. The standard InChI is InChI=1S/C19H17ClN6OS/c1-14(18(27)25(13-5-12-21)16-6-3-2-4-7-16)28-19-22-23-24-26(19)17-10-8-15(20)9-11-17/h2-4,6-11,14H,5,13H2,1H3. The van der Waals surface area contributed by atoms with Crippen molar-refractivity contribution in [1.29, 1.82) is 5.26 Å². The number of rotatable bonds is 7. The quantitative estimate of drug-likeness (QED) is 0.549. The summed E-state index contributed by atoms with van der Waals surface area (Å²) in [6.45, 7) is 2.13. The Hall–Kier alpha value is -2.89. The van der Waals surface area contributed by atoms with Crippen LogP contribution in [0, 0.1) is 11.3 Å². The number of nitriles is 1. The third-order valence-electron chi connectivity index (χ3n) is 3.92. The fraction of sp³-hybridized carbons (Fsp3) is 0.211. The first-order valence-electron chi connectivity index (χ1n) is 8.54. The molecule has 9 heteroatoms. The maximum absolute atomic E-state index is 13.1. The minimum Gasteiger partial charge on any atom is -0.310 e. The fourth-order valence-electron chi connectivity index (χ4n) is 2.56. The van der Waals surface area contributed by atoms with Gasteiger partial charge in [0.1, 0.15) is 0 Å². The Labute approximate surface area is 171 Å². The monoisotopic (exact) mass is 412 g/mol. The van der Waals surface area contributed by atoms with Gasteiger partial charge in [-0.05, 0) is 53.7 Å². The number of nitrogens with zero attached hydrogens (tertiary/aromatic N) is 6. The molecule has 28 heavy (non-hydrogen) atoms. The highest BCUT2D eigenvalue weighted by Gasteiger charge is 2.25. The lowest BCUT2D eigenvalue weighted by molar-refractivity contribution is -0.117. The average molecular weight is 413 g/mol. The predicted molar refractivity (Wildman–Crippen MR) is 109 cm³/mol. The number of tetrazole rings is 1. The van der Waals surface area contributed by atoms with E-state index in [2.05, 4.69) is 21.6 Å². The van der Waals surface area contributed by atoms with Gasteiger partial charge < -0.3 is 4.90 Å². The number of aromatic nitrogens is 4. The van der Waals surface area contributed by atoms with Gasteiger partial charge in [-0.2, -0.15) is 9.94 Å². The van der Waals surface area contributed by atoms with Gasteiger partial charge in [-0.15, -0.1) is 5.10 Å². The summed E-state index contributed by atoms with van der Waals surface area (Å²) in [6, 6.07) is 18.5. The molecule has 0 saturated heterocycles. The molecule has 0 aliphatic heterocycles. The summed E-state index contributed by atoms with van der Waals surface area (Å²) in [7, 11) is 0. The molecule has 0 aliphatic carbocycles. The Morgan fingerprint density at radius 3 is 2.64 bits per heavy atom. The number of carbonyl (C=O) groups is 1. The summed E-state index contributed by atoms with van der Waals surface area (Å²) in [5, 5.41) is 21.4. The van der Waals surface area contributed by atoms with Gasteiger partial charge in [-0.25, -0.2) is 0 Å². The molecule has 1 aromatic heterocycles. The molecule has 0 fully saturated rings. The van der Waals surface area contributed by atoms with Gasteiger partial charge in [0, 0.05) is 17.3 Å². The second-order valence-corrected chi connectivity index (χ2v) is 7.59. The number of benzene rings is 2. The van der Waals surface area contributed by atoms with Crippen molar-refractivity contribution in [2.45, 2.75) is 23.8 Å². The van der Waals surface area contributed by atoms with Crippen molar-refractivity contribution in [3.8, 4) is 11.8 Å². The molecular formula is C19H17ClN6OS. The van der Waals surface area contributed by atoms with Crippen LogP contribution in [0.15, 0.2) is 59.8 Å². The van der Waals surface area contributed by atoms with Crippen molar-refractivity contribution < 1.29 is 4.79 Å². The summed E-state index contributed by atoms with van der Waals surface area (Å²) in [6.07, 6.45) is 0.251. The molecule has 0 aliphatic rings. The van der Waals surface area contributed by atoms with Crippen molar-refractivity contribution in [3.05, 3.63) is 59.6 Å². The zero-order valence-electron chi connectivity index (χ0n) is 15.1. The van der Waals surface area contributed by atoms with Gasteiger partial charge in [0.25, 0.3) is 0 Å². The topological polar surface area (TPSA) is 87.7 Å². The third kappa shape index (κ3) is 4.68. The summed E-state index contributed by atoms with van der Waals surface area (Å²) in [5.74, 6) is -0.114. The van der Waals surface area contributed by atoms with E-state index < -0.39 is 5.25 Å². The van der Waals surface area contributed by atoms with Crippen LogP contribution >= 0.6 is 23.4 Å². The van der Waals surface area contributed by atoms with Crippen LogP contribution in [0.2, 0.25) is 5.02 Å². The largest absolute Gasteiger partial charge is 0.310 e. The molecule has 3 aromatic rings. The van der Waals surface area contributed by atoms with Crippen molar-refractivity contribution >= 4 is 35.0 Å². The number of thioether (sulfide) groups is 1. The second kappa shape index (κ2) is 9.35. The number of hydrogen-bond donors (Lipinski definition) is 0. The second-order valence-electron chi connectivity index (χ2n) is 5.84. The Kier molecular flexibility index (Phi) is 6.63. The van der Waals surface area contributed by atoms with E-state index in [1.807, 2.05) is 30.3 Å². The normalized spacial score (nSPS) is 11.6. The zero-order valence-corrected chi connectivity index (χ0v) is 16.6. The number of anilines is 1. The number of para-hydroxylation sites is 1. The molecule has 7 nitrogen and oxygen atoms in total.